The van der Waals surface area contributed by atoms with Crippen LogP contribution in [0.5, 0.6) is 0 Å². The van der Waals surface area contributed by atoms with Gasteiger partial charge in [-0.3, -0.25) is 4.79 Å². The number of benzene rings is 2. The Morgan fingerprint density at radius 3 is 2.57 bits per heavy atom. The van der Waals surface area contributed by atoms with E-state index >= 15 is 0 Å². The van der Waals surface area contributed by atoms with E-state index in [1.54, 1.807) is 23.1 Å². The van der Waals surface area contributed by atoms with E-state index in [0.29, 0.717) is 29.8 Å². The molecule has 0 radical (unpaired) electrons. The molecule has 144 valence electrons. The Morgan fingerprint density at radius 2 is 1.75 bits per heavy atom. The lowest BCUT2D eigenvalue weighted by Gasteiger charge is -2.32. The van der Waals surface area contributed by atoms with E-state index in [1.165, 1.54) is 0 Å². The number of amides is 3. The van der Waals surface area contributed by atoms with Crippen LogP contribution in [0.2, 0.25) is 0 Å². The maximum absolute atomic E-state index is 12.7. The number of aromatic amines is 2. The van der Waals surface area contributed by atoms with Gasteiger partial charge >= 0.3 is 11.7 Å². The molecule has 0 aliphatic carbocycles. The van der Waals surface area contributed by atoms with E-state index < -0.39 is 0 Å². The molecule has 4 rings (SSSR count). The average Bonchev–Trinajstić information content (AvgIpc) is 3.08. The summed E-state index contributed by atoms with van der Waals surface area (Å²) in [6, 6.07) is 14.3. The largest absolute Gasteiger partial charge is 0.326 e. The highest BCUT2D eigenvalue weighted by Crippen LogP contribution is 2.21. The van der Waals surface area contributed by atoms with Crippen molar-refractivity contribution < 1.29 is 9.59 Å². The summed E-state index contributed by atoms with van der Waals surface area (Å²) in [5.74, 6) is -0.411. The number of piperidine rings is 1. The van der Waals surface area contributed by atoms with Crippen LogP contribution >= 0.6 is 0 Å². The van der Waals surface area contributed by atoms with Crippen LogP contribution in [0.1, 0.15) is 12.8 Å². The van der Waals surface area contributed by atoms with Crippen molar-refractivity contribution in [3.05, 3.63) is 59.0 Å². The predicted molar refractivity (Wildman–Crippen MR) is 107 cm³/mol. The van der Waals surface area contributed by atoms with Gasteiger partial charge in [0, 0.05) is 24.5 Å². The van der Waals surface area contributed by atoms with Gasteiger partial charge in [-0.1, -0.05) is 18.2 Å². The molecule has 4 N–H and O–H groups in total. The van der Waals surface area contributed by atoms with Gasteiger partial charge < -0.3 is 25.5 Å². The van der Waals surface area contributed by atoms with Crippen molar-refractivity contribution >= 4 is 34.3 Å². The Kier molecular flexibility index (Phi) is 4.84. The van der Waals surface area contributed by atoms with Gasteiger partial charge in [-0.15, -0.1) is 0 Å². The standard InChI is InChI=1S/C20H21N5O3/c26-18(21-15-8-9-16-17(11-15)24-19(27)23-16)13-5-4-10-25(12-13)20(28)22-14-6-2-1-3-7-14/h1-3,6-9,11,13H,4-5,10,12H2,(H,21,26)(H,22,28)(H2,23,24,27)/t13-/m1/s1. The second-order valence-corrected chi connectivity index (χ2v) is 6.91. The summed E-state index contributed by atoms with van der Waals surface area (Å²) in [7, 11) is 0. The molecule has 0 spiro atoms. The van der Waals surface area contributed by atoms with Gasteiger partial charge in [-0.2, -0.15) is 0 Å². The molecule has 1 aliphatic rings. The maximum atomic E-state index is 12.7. The molecule has 1 aliphatic heterocycles. The summed E-state index contributed by atoms with van der Waals surface area (Å²) in [4.78, 5) is 43.5. The lowest BCUT2D eigenvalue weighted by molar-refractivity contribution is -0.121. The molecule has 2 heterocycles. The molecule has 0 saturated carbocycles. The van der Waals surface area contributed by atoms with Gasteiger partial charge in [-0.25, -0.2) is 9.59 Å². The van der Waals surface area contributed by atoms with Crippen LogP contribution in [-0.2, 0) is 4.79 Å². The summed E-state index contributed by atoms with van der Waals surface area (Å²) in [6.07, 6.45) is 1.49. The Balaban J connectivity index is 1.39. The van der Waals surface area contributed by atoms with Gasteiger partial charge in [0.1, 0.15) is 0 Å². The number of fused-ring (bicyclic) bond motifs is 1. The summed E-state index contributed by atoms with van der Waals surface area (Å²) < 4.78 is 0. The molecular formula is C20H21N5O3. The third kappa shape index (κ3) is 3.90. The molecule has 2 aromatic carbocycles. The SMILES string of the molecule is O=C(Nc1ccc2[nH]c(=O)[nH]c2c1)[C@@H]1CCCN(C(=O)Nc2ccccc2)C1. The van der Waals surface area contributed by atoms with Crippen molar-refractivity contribution in [3.8, 4) is 0 Å². The molecule has 28 heavy (non-hydrogen) atoms. The van der Waals surface area contributed by atoms with E-state index in [9.17, 15) is 14.4 Å². The lowest BCUT2D eigenvalue weighted by Crippen LogP contribution is -2.45. The van der Waals surface area contributed by atoms with Crippen LogP contribution in [0.15, 0.2) is 53.3 Å². The van der Waals surface area contributed by atoms with Gasteiger partial charge in [0.05, 0.1) is 17.0 Å². The molecule has 1 aromatic heterocycles. The topological polar surface area (TPSA) is 110 Å². The van der Waals surface area contributed by atoms with E-state index in [1.807, 2.05) is 30.3 Å². The molecule has 8 heteroatoms. The molecule has 3 amide bonds. The van der Waals surface area contributed by atoms with E-state index in [0.717, 1.165) is 18.5 Å². The zero-order valence-electron chi connectivity index (χ0n) is 15.2. The zero-order valence-corrected chi connectivity index (χ0v) is 15.2. The molecule has 1 saturated heterocycles. The van der Waals surface area contributed by atoms with Crippen molar-refractivity contribution in [2.75, 3.05) is 23.7 Å². The Morgan fingerprint density at radius 1 is 0.964 bits per heavy atom. The van der Waals surface area contributed by atoms with Crippen molar-refractivity contribution in [3.63, 3.8) is 0 Å². The van der Waals surface area contributed by atoms with Crippen molar-refractivity contribution in [2.45, 2.75) is 12.8 Å². The first-order valence-electron chi connectivity index (χ1n) is 9.22. The lowest BCUT2D eigenvalue weighted by atomic mass is 9.97. The third-order valence-electron chi connectivity index (χ3n) is 4.89. The van der Waals surface area contributed by atoms with Crippen LogP contribution in [0.25, 0.3) is 11.0 Å². The normalized spacial score (nSPS) is 16.7. The number of rotatable bonds is 3. The van der Waals surface area contributed by atoms with Gasteiger partial charge in [0.15, 0.2) is 0 Å². The highest BCUT2D eigenvalue weighted by molar-refractivity contribution is 5.95. The second kappa shape index (κ2) is 7.59. The fourth-order valence-corrected chi connectivity index (χ4v) is 3.45. The Labute approximate surface area is 160 Å². The Bertz CT molecular complexity index is 1060. The van der Waals surface area contributed by atoms with Crippen LogP contribution in [-0.4, -0.2) is 39.9 Å². The smallest absolute Gasteiger partial charge is 0.323 e. The van der Waals surface area contributed by atoms with Crippen molar-refractivity contribution in [1.29, 1.82) is 0 Å². The first kappa shape index (κ1) is 17.8. The number of hydrogen-bond acceptors (Lipinski definition) is 3. The number of nitrogens with one attached hydrogen (secondary N) is 4. The summed E-state index contributed by atoms with van der Waals surface area (Å²) >= 11 is 0. The van der Waals surface area contributed by atoms with E-state index in [2.05, 4.69) is 20.6 Å². The number of likely N-dealkylation sites (tertiary alicyclic amines) is 1. The van der Waals surface area contributed by atoms with E-state index in [-0.39, 0.29) is 23.5 Å². The highest BCUT2D eigenvalue weighted by atomic mass is 16.2. The molecule has 3 aromatic rings. The van der Waals surface area contributed by atoms with Crippen LogP contribution in [0.3, 0.4) is 0 Å². The molecule has 0 unspecified atom stereocenters. The monoisotopic (exact) mass is 379 g/mol. The van der Waals surface area contributed by atoms with Crippen LogP contribution in [0, 0.1) is 5.92 Å². The summed E-state index contributed by atoms with van der Waals surface area (Å²) in [5.41, 5.74) is 2.37. The minimum atomic E-state index is -0.286. The van der Waals surface area contributed by atoms with Crippen LogP contribution < -0.4 is 16.3 Å². The third-order valence-corrected chi connectivity index (χ3v) is 4.89. The molecule has 0 bridgehead atoms. The van der Waals surface area contributed by atoms with Gasteiger partial charge in [0.2, 0.25) is 5.91 Å². The second-order valence-electron chi connectivity index (χ2n) is 6.91. The molecule has 8 nitrogen and oxygen atoms in total. The quantitative estimate of drug-likeness (QED) is 0.561. The first-order chi connectivity index (χ1) is 13.6. The number of aromatic nitrogens is 2. The number of anilines is 2. The number of hydrogen-bond donors (Lipinski definition) is 4. The maximum Gasteiger partial charge on any atom is 0.323 e. The van der Waals surface area contributed by atoms with Gasteiger partial charge in [0.25, 0.3) is 0 Å². The van der Waals surface area contributed by atoms with E-state index in [4.69, 9.17) is 0 Å². The van der Waals surface area contributed by atoms with Crippen molar-refractivity contribution in [2.24, 2.45) is 5.92 Å². The molecule has 1 fully saturated rings. The van der Waals surface area contributed by atoms with Gasteiger partial charge in [-0.05, 0) is 43.2 Å². The number of carbonyl (C=O) groups is 2. The number of imidazole rings is 1. The number of para-hydroxylation sites is 1. The number of H-pyrrole nitrogens is 2. The first-order valence-corrected chi connectivity index (χ1v) is 9.22. The fraction of sp³-hybridized carbons (Fsp3) is 0.250. The Hall–Kier alpha value is -3.55. The minimum absolute atomic E-state index is 0.130. The fourth-order valence-electron chi connectivity index (χ4n) is 3.45. The average molecular weight is 379 g/mol. The number of carbonyl (C=O) groups excluding carboxylic acids is 2. The molecule has 1 atom stereocenters. The number of urea groups is 1. The number of nitrogens with zero attached hydrogens (tertiary/aromatic N) is 1. The molecular weight excluding hydrogens is 358 g/mol. The zero-order chi connectivity index (χ0) is 19.5. The highest BCUT2D eigenvalue weighted by Gasteiger charge is 2.28. The predicted octanol–water partition coefficient (Wildman–Crippen LogP) is 2.74. The summed E-state index contributed by atoms with van der Waals surface area (Å²) in [6.45, 7) is 0.993. The minimum Gasteiger partial charge on any atom is -0.326 e. The summed E-state index contributed by atoms with van der Waals surface area (Å²) in [5, 5.41) is 5.75. The van der Waals surface area contributed by atoms with Crippen molar-refractivity contribution in [1.82, 2.24) is 14.9 Å². The van der Waals surface area contributed by atoms with Crippen LogP contribution in [0.4, 0.5) is 16.2 Å².